The number of rotatable bonds is 8. The summed E-state index contributed by atoms with van der Waals surface area (Å²) in [5.41, 5.74) is 3.13. The van der Waals surface area contributed by atoms with Crippen molar-refractivity contribution < 1.29 is 19.4 Å². The summed E-state index contributed by atoms with van der Waals surface area (Å²) in [6.07, 6.45) is 1.43. The summed E-state index contributed by atoms with van der Waals surface area (Å²) >= 11 is 0. The van der Waals surface area contributed by atoms with Gasteiger partial charge in [-0.15, -0.1) is 0 Å². The van der Waals surface area contributed by atoms with E-state index in [0.717, 1.165) is 35.4 Å². The lowest BCUT2D eigenvalue weighted by molar-refractivity contribution is 0.183. The molecule has 2 aromatic carbocycles. The number of amides is 3. The number of piperidine rings is 1. The topological polar surface area (TPSA) is 103 Å². The van der Waals surface area contributed by atoms with E-state index in [1.54, 1.807) is 7.11 Å². The van der Waals surface area contributed by atoms with E-state index < -0.39 is 6.09 Å². The third-order valence-corrected chi connectivity index (χ3v) is 5.37. The highest BCUT2D eigenvalue weighted by atomic mass is 16.5. The Bertz CT molecular complexity index is 864. The minimum Gasteiger partial charge on any atom is -0.497 e. The summed E-state index contributed by atoms with van der Waals surface area (Å²) in [6, 6.07) is 16.0. The van der Waals surface area contributed by atoms with E-state index in [1.165, 1.54) is 0 Å². The molecule has 0 atom stereocenters. The maximum absolute atomic E-state index is 12.5. The average molecular weight is 427 g/mol. The molecule has 0 radical (unpaired) electrons. The summed E-state index contributed by atoms with van der Waals surface area (Å²) < 4.78 is 5.22. The highest BCUT2D eigenvalue weighted by Crippen LogP contribution is 2.18. The fraction of sp³-hybridized carbons (Fsp3) is 0.391. The first-order chi connectivity index (χ1) is 15.0. The van der Waals surface area contributed by atoms with Crippen molar-refractivity contribution in [3.8, 4) is 5.75 Å². The van der Waals surface area contributed by atoms with Crippen LogP contribution in [0.4, 0.5) is 15.3 Å². The molecule has 1 fully saturated rings. The lowest BCUT2D eigenvalue weighted by atomic mass is 10.0. The molecule has 0 spiro atoms. The molecule has 4 N–H and O–H groups in total. The van der Waals surface area contributed by atoms with E-state index in [1.807, 2.05) is 53.4 Å². The Kier molecular flexibility index (Phi) is 7.98. The van der Waals surface area contributed by atoms with Crippen LogP contribution in [0.1, 0.15) is 24.0 Å². The standard InChI is InChI=1S/C23H30N4O4/c1-31-21-4-2-3-18(15-21)16-25-22(28)27-13-10-20(11-14-27)26-19-7-5-17(6-8-19)9-12-24-23(29)30/h2-8,15,20,24,26H,9-14,16H2,1H3,(H,25,28)(H,29,30). The largest absolute Gasteiger partial charge is 0.497 e. The molecule has 1 saturated heterocycles. The van der Waals surface area contributed by atoms with Crippen molar-refractivity contribution in [1.82, 2.24) is 15.5 Å². The van der Waals surface area contributed by atoms with Gasteiger partial charge in [0.05, 0.1) is 7.11 Å². The van der Waals surface area contributed by atoms with E-state index in [2.05, 4.69) is 16.0 Å². The van der Waals surface area contributed by atoms with Gasteiger partial charge < -0.3 is 30.7 Å². The maximum Gasteiger partial charge on any atom is 0.404 e. The van der Waals surface area contributed by atoms with Gasteiger partial charge in [0.15, 0.2) is 0 Å². The number of benzene rings is 2. The second-order valence-electron chi connectivity index (χ2n) is 7.59. The quantitative estimate of drug-likeness (QED) is 0.519. The van der Waals surface area contributed by atoms with Crippen molar-refractivity contribution in [1.29, 1.82) is 0 Å². The van der Waals surface area contributed by atoms with Gasteiger partial charge in [-0.3, -0.25) is 0 Å². The molecule has 8 nitrogen and oxygen atoms in total. The minimum atomic E-state index is -1.00. The molecule has 31 heavy (non-hydrogen) atoms. The zero-order chi connectivity index (χ0) is 22.1. The molecule has 1 aliphatic rings. The van der Waals surface area contributed by atoms with E-state index >= 15 is 0 Å². The molecule has 0 unspecified atom stereocenters. The van der Waals surface area contributed by atoms with Crippen LogP contribution in [0.25, 0.3) is 0 Å². The van der Waals surface area contributed by atoms with Crippen molar-refractivity contribution in [3.63, 3.8) is 0 Å². The van der Waals surface area contributed by atoms with Gasteiger partial charge in [0.1, 0.15) is 5.75 Å². The predicted octanol–water partition coefficient (Wildman–Crippen LogP) is 3.29. The molecular formula is C23H30N4O4. The van der Waals surface area contributed by atoms with Crippen LogP contribution in [-0.4, -0.2) is 54.9 Å². The molecular weight excluding hydrogens is 396 g/mol. The van der Waals surface area contributed by atoms with Gasteiger partial charge in [0, 0.05) is 37.9 Å². The van der Waals surface area contributed by atoms with Gasteiger partial charge in [-0.25, -0.2) is 9.59 Å². The Morgan fingerprint density at radius 1 is 1.06 bits per heavy atom. The van der Waals surface area contributed by atoms with Crippen LogP contribution < -0.4 is 20.7 Å². The molecule has 166 valence electrons. The van der Waals surface area contributed by atoms with E-state index in [-0.39, 0.29) is 6.03 Å². The number of carboxylic acid groups (broad SMARTS) is 1. The summed E-state index contributed by atoms with van der Waals surface area (Å²) in [5, 5.41) is 17.5. The number of likely N-dealkylation sites (tertiary alicyclic amines) is 1. The first-order valence-electron chi connectivity index (χ1n) is 10.5. The summed E-state index contributed by atoms with van der Waals surface area (Å²) in [6.45, 7) is 2.30. The third kappa shape index (κ3) is 7.09. The van der Waals surface area contributed by atoms with Crippen molar-refractivity contribution in [2.24, 2.45) is 0 Å². The van der Waals surface area contributed by atoms with Gasteiger partial charge in [-0.1, -0.05) is 24.3 Å². The summed E-state index contributed by atoms with van der Waals surface area (Å²) in [7, 11) is 1.63. The number of ether oxygens (including phenoxy) is 1. The molecule has 2 aromatic rings. The van der Waals surface area contributed by atoms with Crippen LogP contribution in [0.5, 0.6) is 5.75 Å². The number of methoxy groups -OCH3 is 1. The van der Waals surface area contributed by atoms with Crippen LogP contribution in [0.2, 0.25) is 0 Å². The van der Waals surface area contributed by atoms with Crippen molar-refractivity contribution in [3.05, 3.63) is 59.7 Å². The number of anilines is 1. The number of nitrogens with one attached hydrogen (secondary N) is 3. The van der Waals surface area contributed by atoms with Crippen LogP contribution in [0, 0.1) is 0 Å². The Morgan fingerprint density at radius 3 is 2.48 bits per heavy atom. The monoisotopic (exact) mass is 426 g/mol. The Morgan fingerprint density at radius 2 is 1.81 bits per heavy atom. The Balaban J connectivity index is 1.38. The van der Waals surface area contributed by atoms with Gasteiger partial charge in [-0.2, -0.15) is 0 Å². The smallest absolute Gasteiger partial charge is 0.404 e. The molecule has 0 aromatic heterocycles. The van der Waals surface area contributed by atoms with Gasteiger partial charge in [0.25, 0.3) is 0 Å². The van der Waals surface area contributed by atoms with Crippen molar-refractivity contribution in [2.75, 3.05) is 32.1 Å². The second-order valence-corrected chi connectivity index (χ2v) is 7.59. The lowest BCUT2D eigenvalue weighted by Gasteiger charge is -2.33. The SMILES string of the molecule is COc1cccc(CNC(=O)N2CCC(Nc3ccc(CCNC(=O)O)cc3)CC2)c1. The lowest BCUT2D eigenvalue weighted by Crippen LogP contribution is -2.46. The predicted molar refractivity (Wildman–Crippen MR) is 120 cm³/mol. The molecule has 0 saturated carbocycles. The highest BCUT2D eigenvalue weighted by molar-refractivity contribution is 5.74. The minimum absolute atomic E-state index is 0.0411. The van der Waals surface area contributed by atoms with Gasteiger partial charge in [-0.05, 0) is 54.7 Å². The van der Waals surface area contributed by atoms with Crippen LogP contribution >= 0.6 is 0 Å². The molecule has 3 rings (SSSR count). The van der Waals surface area contributed by atoms with Crippen LogP contribution in [0.15, 0.2) is 48.5 Å². The van der Waals surface area contributed by atoms with E-state index in [4.69, 9.17) is 9.84 Å². The Labute approximate surface area is 182 Å². The van der Waals surface area contributed by atoms with Crippen molar-refractivity contribution >= 4 is 17.8 Å². The zero-order valence-corrected chi connectivity index (χ0v) is 17.8. The normalized spacial score (nSPS) is 14.0. The molecule has 1 aliphatic heterocycles. The highest BCUT2D eigenvalue weighted by Gasteiger charge is 2.22. The first kappa shape index (κ1) is 22.3. The zero-order valence-electron chi connectivity index (χ0n) is 17.8. The maximum atomic E-state index is 12.5. The molecule has 1 heterocycles. The average Bonchev–Trinajstić information content (AvgIpc) is 2.79. The first-order valence-corrected chi connectivity index (χ1v) is 10.5. The fourth-order valence-electron chi connectivity index (χ4n) is 3.62. The van der Waals surface area contributed by atoms with Crippen molar-refractivity contribution in [2.45, 2.75) is 31.8 Å². The molecule has 8 heteroatoms. The second kappa shape index (κ2) is 11.1. The number of urea groups is 1. The third-order valence-electron chi connectivity index (χ3n) is 5.37. The number of hydrogen-bond acceptors (Lipinski definition) is 4. The summed E-state index contributed by atoms with van der Waals surface area (Å²) in [5.74, 6) is 0.781. The van der Waals surface area contributed by atoms with E-state index in [9.17, 15) is 9.59 Å². The molecule has 0 aliphatic carbocycles. The number of hydrogen-bond donors (Lipinski definition) is 4. The molecule has 0 bridgehead atoms. The van der Waals surface area contributed by atoms with Gasteiger partial charge >= 0.3 is 12.1 Å². The Hall–Kier alpha value is -3.42. The number of carbonyl (C=O) groups excluding carboxylic acids is 1. The number of carbonyl (C=O) groups is 2. The molecule has 3 amide bonds. The fourth-order valence-corrected chi connectivity index (χ4v) is 3.62. The number of nitrogens with zero attached hydrogens (tertiary/aromatic N) is 1. The van der Waals surface area contributed by atoms with Gasteiger partial charge in [0.2, 0.25) is 0 Å². The van der Waals surface area contributed by atoms with E-state index in [0.29, 0.717) is 38.6 Å². The van der Waals surface area contributed by atoms with Crippen LogP contribution in [0.3, 0.4) is 0 Å². The summed E-state index contributed by atoms with van der Waals surface area (Å²) in [4.78, 5) is 24.8. The van der Waals surface area contributed by atoms with Crippen LogP contribution in [-0.2, 0) is 13.0 Å².